The average Bonchev–Trinajstić information content (AvgIpc) is 2.27. The molecular weight excluding hydrogens is 186 g/mol. The van der Waals surface area contributed by atoms with Crippen molar-refractivity contribution < 1.29 is 4.74 Å². The number of nitrogens with one attached hydrogen (secondary N) is 1. The maximum absolute atomic E-state index is 5.12. The van der Waals surface area contributed by atoms with Crippen molar-refractivity contribution in [1.29, 1.82) is 0 Å². The maximum Gasteiger partial charge on any atom is 0.0613 e. The zero-order chi connectivity index (χ0) is 11.1. The molecule has 0 aromatic rings. The second-order valence-corrected chi connectivity index (χ2v) is 5.06. The van der Waals surface area contributed by atoms with Crippen molar-refractivity contribution in [2.24, 2.45) is 11.8 Å². The van der Waals surface area contributed by atoms with E-state index in [4.69, 9.17) is 4.74 Å². The molecule has 0 heterocycles. The van der Waals surface area contributed by atoms with Gasteiger partial charge in [0.2, 0.25) is 0 Å². The smallest absolute Gasteiger partial charge is 0.0613 e. The molecule has 2 nitrogen and oxygen atoms in total. The molecule has 90 valence electrons. The van der Waals surface area contributed by atoms with Crippen molar-refractivity contribution in [3.8, 4) is 0 Å². The van der Waals surface area contributed by atoms with E-state index in [1.54, 1.807) is 7.11 Å². The number of hydrogen-bond donors (Lipinski definition) is 1. The molecule has 1 atom stereocenters. The molecule has 1 aliphatic rings. The second-order valence-electron chi connectivity index (χ2n) is 5.06. The monoisotopic (exact) mass is 213 g/mol. The molecule has 1 saturated carbocycles. The molecule has 2 heteroatoms. The summed E-state index contributed by atoms with van der Waals surface area (Å²) in [5, 5.41) is 3.56. The number of rotatable bonds is 6. The van der Waals surface area contributed by atoms with Crippen molar-refractivity contribution in [2.45, 2.75) is 52.0 Å². The van der Waals surface area contributed by atoms with Gasteiger partial charge in [-0.2, -0.15) is 0 Å². The topological polar surface area (TPSA) is 21.3 Å². The highest BCUT2D eigenvalue weighted by molar-refractivity contribution is 4.74. The lowest BCUT2D eigenvalue weighted by molar-refractivity contribution is 0.165. The van der Waals surface area contributed by atoms with Gasteiger partial charge in [-0.15, -0.1) is 0 Å². The normalized spacial score (nSPS) is 29.0. The van der Waals surface area contributed by atoms with E-state index in [-0.39, 0.29) is 0 Å². The van der Waals surface area contributed by atoms with E-state index in [1.807, 2.05) is 0 Å². The third-order valence-corrected chi connectivity index (χ3v) is 3.72. The average molecular weight is 213 g/mol. The number of ether oxygens (including phenoxy) is 1. The summed E-state index contributed by atoms with van der Waals surface area (Å²) < 4.78 is 5.12. The van der Waals surface area contributed by atoms with Crippen LogP contribution in [0.1, 0.15) is 46.0 Å². The Morgan fingerprint density at radius 2 is 1.80 bits per heavy atom. The van der Waals surface area contributed by atoms with Gasteiger partial charge in [0.1, 0.15) is 0 Å². The van der Waals surface area contributed by atoms with Gasteiger partial charge in [-0.3, -0.25) is 0 Å². The molecule has 1 rings (SSSR count). The SMILES string of the molecule is CCC1CCC(CNC(C)COC)CC1. The Hall–Kier alpha value is -0.0800. The van der Waals surface area contributed by atoms with E-state index in [2.05, 4.69) is 19.2 Å². The molecule has 0 spiro atoms. The third-order valence-electron chi connectivity index (χ3n) is 3.72. The van der Waals surface area contributed by atoms with E-state index >= 15 is 0 Å². The maximum atomic E-state index is 5.12. The first-order chi connectivity index (χ1) is 7.26. The first-order valence-electron chi connectivity index (χ1n) is 6.48. The summed E-state index contributed by atoms with van der Waals surface area (Å²) in [7, 11) is 1.77. The van der Waals surface area contributed by atoms with Gasteiger partial charge < -0.3 is 10.1 Å². The Kier molecular flexibility index (Phi) is 6.26. The molecule has 0 aromatic carbocycles. The summed E-state index contributed by atoms with van der Waals surface area (Å²) >= 11 is 0. The quantitative estimate of drug-likeness (QED) is 0.732. The Labute approximate surface area is 94.8 Å². The zero-order valence-corrected chi connectivity index (χ0v) is 10.6. The Morgan fingerprint density at radius 1 is 1.20 bits per heavy atom. The van der Waals surface area contributed by atoms with Crippen LogP contribution in [0.5, 0.6) is 0 Å². The second kappa shape index (κ2) is 7.24. The summed E-state index contributed by atoms with van der Waals surface area (Å²) in [6.45, 7) is 6.52. The van der Waals surface area contributed by atoms with E-state index in [9.17, 15) is 0 Å². The minimum absolute atomic E-state index is 0.499. The van der Waals surface area contributed by atoms with Gasteiger partial charge in [-0.05, 0) is 38.1 Å². The van der Waals surface area contributed by atoms with Crippen molar-refractivity contribution >= 4 is 0 Å². The molecule has 0 aliphatic heterocycles. The predicted octanol–water partition coefficient (Wildman–Crippen LogP) is 2.83. The van der Waals surface area contributed by atoms with Crippen molar-refractivity contribution in [1.82, 2.24) is 5.32 Å². The molecule has 0 amide bonds. The van der Waals surface area contributed by atoms with Crippen molar-refractivity contribution in [3.05, 3.63) is 0 Å². The van der Waals surface area contributed by atoms with Gasteiger partial charge in [0.05, 0.1) is 6.61 Å². The van der Waals surface area contributed by atoms with Crippen molar-refractivity contribution in [3.63, 3.8) is 0 Å². The zero-order valence-electron chi connectivity index (χ0n) is 10.6. The molecule has 0 aromatic heterocycles. The lowest BCUT2D eigenvalue weighted by Crippen LogP contribution is -2.35. The first-order valence-corrected chi connectivity index (χ1v) is 6.48. The molecule has 0 radical (unpaired) electrons. The minimum Gasteiger partial charge on any atom is -0.383 e. The predicted molar refractivity (Wildman–Crippen MR) is 65.1 cm³/mol. The van der Waals surface area contributed by atoms with E-state index < -0.39 is 0 Å². The summed E-state index contributed by atoms with van der Waals surface area (Å²) in [6, 6.07) is 0.499. The van der Waals surface area contributed by atoms with Crippen molar-refractivity contribution in [2.75, 3.05) is 20.3 Å². The fourth-order valence-corrected chi connectivity index (χ4v) is 2.52. The Morgan fingerprint density at radius 3 is 2.33 bits per heavy atom. The van der Waals surface area contributed by atoms with E-state index in [0.29, 0.717) is 6.04 Å². The largest absolute Gasteiger partial charge is 0.383 e. The molecule has 1 unspecified atom stereocenters. The highest BCUT2D eigenvalue weighted by Crippen LogP contribution is 2.30. The lowest BCUT2D eigenvalue weighted by atomic mass is 9.81. The van der Waals surface area contributed by atoms with Crippen LogP contribution in [-0.2, 0) is 4.74 Å². The van der Waals surface area contributed by atoms with E-state index in [0.717, 1.165) is 18.4 Å². The van der Waals surface area contributed by atoms with Crippen LogP contribution in [0.2, 0.25) is 0 Å². The van der Waals surface area contributed by atoms with Crippen LogP contribution in [-0.4, -0.2) is 26.3 Å². The van der Waals surface area contributed by atoms with Crippen LogP contribution >= 0.6 is 0 Å². The van der Waals surface area contributed by atoms with Gasteiger partial charge in [0, 0.05) is 13.2 Å². The number of hydrogen-bond acceptors (Lipinski definition) is 2. The van der Waals surface area contributed by atoms with Crippen LogP contribution in [0.3, 0.4) is 0 Å². The third kappa shape index (κ3) is 4.98. The molecule has 15 heavy (non-hydrogen) atoms. The molecule has 1 aliphatic carbocycles. The number of methoxy groups -OCH3 is 1. The first kappa shape index (κ1) is 13.0. The molecule has 1 fully saturated rings. The molecular formula is C13H27NO. The fraction of sp³-hybridized carbons (Fsp3) is 1.00. The summed E-state index contributed by atoms with van der Waals surface area (Å²) in [4.78, 5) is 0. The van der Waals surface area contributed by atoms with E-state index in [1.165, 1.54) is 38.6 Å². The standard InChI is InChI=1S/C13H27NO/c1-4-12-5-7-13(8-6-12)9-14-11(2)10-15-3/h11-14H,4-10H2,1-3H3. The lowest BCUT2D eigenvalue weighted by Gasteiger charge is -2.28. The highest BCUT2D eigenvalue weighted by Gasteiger charge is 2.19. The van der Waals surface area contributed by atoms with Gasteiger partial charge in [0.25, 0.3) is 0 Å². The molecule has 0 saturated heterocycles. The molecule has 0 bridgehead atoms. The summed E-state index contributed by atoms with van der Waals surface area (Å²) in [6.07, 6.45) is 7.11. The van der Waals surface area contributed by atoms with Crippen LogP contribution in [0.4, 0.5) is 0 Å². The van der Waals surface area contributed by atoms with Crippen LogP contribution < -0.4 is 5.32 Å². The fourth-order valence-electron chi connectivity index (χ4n) is 2.52. The van der Waals surface area contributed by atoms with Crippen LogP contribution in [0.15, 0.2) is 0 Å². The Bertz CT molecular complexity index is 153. The van der Waals surface area contributed by atoms with Crippen LogP contribution in [0.25, 0.3) is 0 Å². The van der Waals surface area contributed by atoms with Gasteiger partial charge >= 0.3 is 0 Å². The van der Waals surface area contributed by atoms with Crippen LogP contribution in [0, 0.1) is 11.8 Å². The summed E-state index contributed by atoms with van der Waals surface area (Å²) in [5.41, 5.74) is 0. The van der Waals surface area contributed by atoms with Gasteiger partial charge in [-0.1, -0.05) is 26.2 Å². The van der Waals surface area contributed by atoms with Gasteiger partial charge in [-0.25, -0.2) is 0 Å². The molecule has 1 N–H and O–H groups in total. The van der Waals surface area contributed by atoms with Gasteiger partial charge in [0.15, 0.2) is 0 Å². The minimum atomic E-state index is 0.499. The highest BCUT2D eigenvalue weighted by atomic mass is 16.5. The Balaban J connectivity index is 2.08. The summed E-state index contributed by atoms with van der Waals surface area (Å²) in [5.74, 6) is 1.92.